The van der Waals surface area contributed by atoms with E-state index in [1.54, 1.807) is 31.2 Å². The fraction of sp³-hybridized carbons (Fsp3) is 0.409. The van der Waals surface area contributed by atoms with Gasteiger partial charge in [0, 0.05) is 14.1 Å². The number of sulfonamides is 2. The first kappa shape index (κ1) is 27.4. The van der Waals surface area contributed by atoms with Crippen LogP contribution < -0.4 is 19.1 Å². The van der Waals surface area contributed by atoms with Gasteiger partial charge >= 0.3 is 0 Å². The van der Waals surface area contributed by atoms with Crippen LogP contribution in [0.3, 0.4) is 0 Å². The number of nitrogens with zero attached hydrogens (tertiary/aromatic N) is 2. The fourth-order valence-corrected chi connectivity index (χ4v) is 5.28. The second-order valence-electron chi connectivity index (χ2n) is 7.58. The van der Waals surface area contributed by atoms with E-state index in [1.165, 1.54) is 45.5 Å². The van der Waals surface area contributed by atoms with E-state index in [0.29, 0.717) is 17.2 Å². The monoisotopic (exact) mass is 513 g/mol. The molecule has 0 fully saturated rings. The molecular weight excluding hydrogens is 482 g/mol. The molecule has 34 heavy (non-hydrogen) atoms. The van der Waals surface area contributed by atoms with Gasteiger partial charge in [-0.25, -0.2) is 21.1 Å². The third-order valence-electron chi connectivity index (χ3n) is 4.93. The van der Waals surface area contributed by atoms with Crippen LogP contribution >= 0.6 is 0 Å². The number of carbonyl (C=O) groups excluding carboxylic acids is 1. The highest BCUT2D eigenvalue weighted by Gasteiger charge is 2.31. The molecule has 2 aromatic carbocycles. The first-order valence-electron chi connectivity index (χ1n) is 10.5. The zero-order valence-electron chi connectivity index (χ0n) is 19.9. The third-order valence-corrected chi connectivity index (χ3v) is 7.94. The molecule has 0 unspecified atom stereocenters. The van der Waals surface area contributed by atoms with E-state index >= 15 is 0 Å². The molecule has 1 atom stereocenters. The molecule has 0 aromatic heterocycles. The molecule has 188 valence electrons. The van der Waals surface area contributed by atoms with Crippen molar-refractivity contribution in [3.8, 4) is 11.5 Å². The summed E-state index contributed by atoms with van der Waals surface area (Å²) in [7, 11) is -2.86. The van der Waals surface area contributed by atoms with Crippen molar-refractivity contribution in [1.82, 2.24) is 9.62 Å². The summed E-state index contributed by atoms with van der Waals surface area (Å²) in [5.41, 5.74) is 0.356. The molecule has 2 rings (SSSR count). The van der Waals surface area contributed by atoms with Gasteiger partial charge in [0.15, 0.2) is 0 Å². The van der Waals surface area contributed by atoms with E-state index < -0.39 is 32.0 Å². The average molecular weight is 514 g/mol. The minimum Gasteiger partial charge on any atom is -0.497 e. The summed E-state index contributed by atoms with van der Waals surface area (Å²) < 4.78 is 62.1. The van der Waals surface area contributed by atoms with E-state index in [9.17, 15) is 21.6 Å². The summed E-state index contributed by atoms with van der Waals surface area (Å²) in [4.78, 5) is 13.0. The number of rotatable bonds is 12. The molecular formula is C22H31N3O7S2. The SMILES string of the molecule is CC[C@@H](C(=O)NCCOc1ccc(S(=O)(=O)N(C)C)cc1)N(c1ccc(OC)cc1)S(C)(=O)=O. The van der Waals surface area contributed by atoms with Gasteiger partial charge in [-0.05, 0) is 55.0 Å². The van der Waals surface area contributed by atoms with Crippen molar-refractivity contribution in [1.29, 1.82) is 0 Å². The van der Waals surface area contributed by atoms with Crippen LogP contribution in [0.15, 0.2) is 53.4 Å². The maximum atomic E-state index is 12.8. The Morgan fingerprint density at radius 1 is 0.971 bits per heavy atom. The van der Waals surface area contributed by atoms with Gasteiger partial charge in [0.2, 0.25) is 26.0 Å². The molecule has 1 amide bonds. The van der Waals surface area contributed by atoms with Gasteiger partial charge in [0.25, 0.3) is 0 Å². The summed E-state index contributed by atoms with van der Waals surface area (Å²) in [6.45, 7) is 1.97. The lowest BCUT2D eigenvalue weighted by Crippen LogP contribution is -2.50. The normalized spacial score (nSPS) is 12.8. The first-order valence-corrected chi connectivity index (χ1v) is 13.8. The van der Waals surface area contributed by atoms with Crippen molar-refractivity contribution in [3.05, 3.63) is 48.5 Å². The molecule has 1 N–H and O–H groups in total. The Balaban J connectivity index is 2.01. The predicted octanol–water partition coefficient (Wildman–Crippen LogP) is 1.69. The van der Waals surface area contributed by atoms with E-state index in [-0.39, 0.29) is 24.5 Å². The molecule has 0 spiro atoms. The third kappa shape index (κ3) is 6.84. The first-order chi connectivity index (χ1) is 15.9. The largest absolute Gasteiger partial charge is 0.497 e. The van der Waals surface area contributed by atoms with Crippen LogP contribution in [0.5, 0.6) is 11.5 Å². The fourth-order valence-electron chi connectivity index (χ4n) is 3.17. The second-order valence-corrected chi connectivity index (χ2v) is 11.6. The molecule has 0 aliphatic heterocycles. The zero-order chi connectivity index (χ0) is 25.5. The quantitative estimate of drug-likeness (QED) is 0.429. The number of hydrogen-bond acceptors (Lipinski definition) is 7. The predicted molar refractivity (Wildman–Crippen MR) is 130 cm³/mol. The van der Waals surface area contributed by atoms with Crippen molar-refractivity contribution < 1.29 is 31.1 Å². The number of methoxy groups -OCH3 is 1. The Labute approximate surface area is 201 Å². The van der Waals surface area contributed by atoms with Gasteiger partial charge < -0.3 is 14.8 Å². The maximum Gasteiger partial charge on any atom is 0.244 e. The summed E-state index contributed by atoms with van der Waals surface area (Å²) >= 11 is 0. The smallest absolute Gasteiger partial charge is 0.244 e. The van der Waals surface area contributed by atoms with E-state index in [4.69, 9.17) is 9.47 Å². The Kier molecular flexibility index (Phi) is 9.30. The maximum absolute atomic E-state index is 12.8. The Morgan fingerprint density at radius 3 is 2.00 bits per heavy atom. The van der Waals surface area contributed by atoms with E-state index in [2.05, 4.69) is 5.32 Å². The van der Waals surface area contributed by atoms with E-state index in [1.807, 2.05) is 0 Å². The van der Waals surface area contributed by atoms with Crippen molar-refractivity contribution in [3.63, 3.8) is 0 Å². The van der Waals surface area contributed by atoms with Crippen LogP contribution in [-0.2, 0) is 24.8 Å². The van der Waals surface area contributed by atoms with Gasteiger partial charge in [0.1, 0.15) is 24.1 Å². The number of carbonyl (C=O) groups is 1. The van der Waals surface area contributed by atoms with Crippen LogP contribution in [0.2, 0.25) is 0 Å². The van der Waals surface area contributed by atoms with Gasteiger partial charge in [-0.2, -0.15) is 0 Å². The van der Waals surface area contributed by atoms with Gasteiger partial charge in [-0.3, -0.25) is 9.10 Å². The van der Waals surface area contributed by atoms with Crippen LogP contribution in [0.25, 0.3) is 0 Å². The summed E-state index contributed by atoms with van der Waals surface area (Å²) in [6, 6.07) is 11.4. The zero-order valence-corrected chi connectivity index (χ0v) is 21.5. The van der Waals surface area contributed by atoms with Crippen molar-refractivity contribution in [2.75, 3.05) is 44.9 Å². The highest BCUT2D eigenvalue weighted by atomic mass is 32.2. The van der Waals surface area contributed by atoms with E-state index in [0.717, 1.165) is 14.9 Å². The summed E-state index contributed by atoms with van der Waals surface area (Å²) in [5.74, 6) is 0.550. The van der Waals surface area contributed by atoms with Crippen molar-refractivity contribution in [2.45, 2.75) is 24.3 Å². The summed E-state index contributed by atoms with van der Waals surface area (Å²) in [6.07, 6.45) is 1.31. The number of anilines is 1. The molecule has 0 bridgehead atoms. The Hall–Kier alpha value is -2.83. The minimum atomic E-state index is -3.74. The Bertz CT molecular complexity index is 1160. The molecule has 0 saturated carbocycles. The molecule has 12 heteroatoms. The highest BCUT2D eigenvalue weighted by molar-refractivity contribution is 7.92. The highest BCUT2D eigenvalue weighted by Crippen LogP contribution is 2.25. The number of hydrogen-bond donors (Lipinski definition) is 1. The van der Waals surface area contributed by atoms with Crippen LogP contribution in [0.4, 0.5) is 5.69 Å². The van der Waals surface area contributed by atoms with Gasteiger partial charge in [-0.1, -0.05) is 6.92 Å². The molecule has 0 heterocycles. The van der Waals surface area contributed by atoms with Gasteiger partial charge in [-0.15, -0.1) is 0 Å². The molecule has 0 aliphatic carbocycles. The van der Waals surface area contributed by atoms with Crippen LogP contribution in [-0.4, -0.2) is 73.7 Å². The summed E-state index contributed by atoms with van der Waals surface area (Å²) in [5, 5.41) is 2.70. The standard InChI is InChI=1S/C22H31N3O7S2/c1-6-21(25(33(5,27)28)17-7-9-18(31-4)10-8-17)22(26)23-15-16-32-19-11-13-20(14-12-19)34(29,30)24(2)3/h7-14,21H,6,15-16H2,1-5H3,(H,23,26)/t21-/m0/s1. The lowest BCUT2D eigenvalue weighted by molar-refractivity contribution is -0.122. The molecule has 10 nitrogen and oxygen atoms in total. The lowest BCUT2D eigenvalue weighted by Gasteiger charge is -2.30. The molecule has 0 radical (unpaired) electrons. The topological polar surface area (TPSA) is 122 Å². The van der Waals surface area contributed by atoms with Crippen molar-refractivity contribution in [2.24, 2.45) is 0 Å². The average Bonchev–Trinajstić information content (AvgIpc) is 2.79. The lowest BCUT2D eigenvalue weighted by atomic mass is 10.2. The van der Waals surface area contributed by atoms with Gasteiger partial charge in [0.05, 0.1) is 30.5 Å². The number of ether oxygens (including phenoxy) is 2. The van der Waals surface area contributed by atoms with Crippen molar-refractivity contribution >= 4 is 31.6 Å². The Morgan fingerprint density at radius 2 is 1.53 bits per heavy atom. The minimum absolute atomic E-state index is 0.114. The number of nitrogens with one attached hydrogen (secondary N) is 1. The van der Waals surface area contributed by atoms with Crippen LogP contribution in [0, 0.1) is 0 Å². The molecule has 0 aliphatic rings. The molecule has 0 saturated heterocycles. The number of benzene rings is 2. The molecule has 2 aromatic rings. The van der Waals surface area contributed by atoms with Crippen LogP contribution in [0.1, 0.15) is 13.3 Å². The second kappa shape index (κ2) is 11.5. The number of amides is 1.